The van der Waals surface area contributed by atoms with Crippen molar-refractivity contribution < 1.29 is 9.13 Å². The van der Waals surface area contributed by atoms with Crippen LogP contribution in [0.25, 0.3) is 0 Å². The van der Waals surface area contributed by atoms with Crippen LogP contribution in [0.2, 0.25) is 5.02 Å². The maximum Gasteiger partial charge on any atom is 0.127 e. The van der Waals surface area contributed by atoms with Crippen LogP contribution in [-0.4, -0.2) is 44.3 Å². The van der Waals surface area contributed by atoms with Crippen LogP contribution in [0, 0.1) is 5.82 Å². The number of rotatable bonds is 5. The summed E-state index contributed by atoms with van der Waals surface area (Å²) in [7, 11) is 0. The van der Waals surface area contributed by atoms with Gasteiger partial charge in [0, 0.05) is 43.3 Å². The van der Waals surface area contributed by atoms with Crippen molar-refractivity contribution in [1.82, 2.24) is 10.2 Å². The predicted octanol–water partition coefficient (Wildman–Crippen LogP) is 1.90. The monoisotopic (exact) mass is 272 g/mol. The molecule has 0 atom stereocenters. The summed E-state index contributed by atoms with van der Waals surface area (Å²) >= 11 is 5.83. The van der Waals surface area contributed by atoms with Crippen LogP contribution in [0.1, 0.15) is 5.56 Å². The third kappa shape index (κ3) is 4.21. The highest BCUT2D eigenvalue weighted by Crippen LogP contribution is 2.14. The molecule has 0 amide bonds. The van der Waals surface area contributed by atoms with E-state index in [1.807, 2.05) is 0 Å². The molecule has 0 spiro atoms. The van der Waals surface area contributed by atoms with E-state index in [1.165, 1.54) is 6.07 Å². The molecule has 1 heterocycles. The Kier molecular flexibility index (Phi) is 5.38. The Labute approximate surface area is 112 Å². The summed E-state index contributed by atoms with van der Waals surface area (Å²) in [5.74, 6) is -0.210. The maximum atomic E-state index is 13.4. The van der Waals surface area contributed by atoms with Gasteiger partial charge in [-0.1, -0.05) is 11.6 Å². The average molecular weight is 273 g/mol. The molecule has 0 aromatic heterocycles. The molecule has 1 aliphatic rings. The van der Waals surface area contributed by atoms with Crippen molar-refractivity contribution >= 4 is 11.6 Å². The lowest BCUT2D eigenvalue weighted by Gasteiger charge is -2.26. The third-order valence-electron chi connectivity index (χ3n) is 3.03. The molecular weight excluding hydrogens is 255 g/mol. The minimum absolute atomic E-state index is 0.210. The first-order valence-electron chi connectivity index (χ1n) is 6.20. The van der Waals surface area contributed by atoms with Gasteiger partial charge in [0.25, 0.3) is 0 Å². The van der Waals surface area contributed by atoms with Gasteiger partial charge in [0.1, 0.15) is 5.82 Å². The normalized spacial score (nSPS) is 17.0. The van der Waals surface area contributed by atoms with Gasteiger partial charge in [-0.2, -0.15) is 0 Å². The molecular formula is C13H18ClFN2O. The lowest BCUT2D eigenvalue weighted by molar-refractivity contribution is 0.0384. The Morgan fingerprint density at radius 2 is 2.11 bits per heavy atom. The van der Waals surface area contributed by atoms with Crippen LogP contribution in [0.5, 0.6) is 0 Å². The molecule has 0 saturated carbocycles. The highest BCUT2D eigenvalue weighted by Gasteiger charge is 2.09. The van der Waals surface area contributed by atoms with Crippen LogP contribution in [0.15, 0.2) is 18.2 Å². The Morgan fingerprint density at radius 1 is 1.33 bits per heavy atom. The van der Waals surface area contributed by atoms with Crippen LogP contribution in [0.3, 0.4) is 0 Å². The second kappa shape index (κ2) is 7.04. The van der Waals surface area contributed by atoms with E-state index >= 15 is 0 Å². The lowest BCUT2D eigenvalue weighted by Crippen LogP contribution is -2.40. The van der Waals surface area contributed by atoms with Crippen molar-refractivity contribution in [3.05, 3.63) is 34.6 Å². The van der Waals surface area contributed by atoms with Crippen molar-refractivity contribution in [3.8, 4) is 0 Å². The molecule has 1 aromatic carbocycles. The molecule has 1 aliphatic heterocycles. The van der Waals surface area contributed by atoms with Gasteiger partial charge in [-0.05, 0) is 18.2 Å². The number of hydrogen-bond donors (Lipinski definition) is 1. The molecule has 5 heteroatoms. The van der Waals surface area contributed by atoms with Crippen LogP contribution in [-0.2, 0) is 11.3 Å². The fourth-order valence-corrected chi connectivity index (χ4v) is 2.16. The van der Waals surface area contributed by atoms with Crippen LogP contribution < -0.4 is 5.32 Å². The number of nitrogens with zero attached hydrogens (tertiary/aromatic N) is 1. The number of halogens is 2. The van der Waals surface area contributed by atoms with E-state index in [2.05, 4.69) is 10.2 Å². The van der Waals surface area contributed by atoms with Crippen molar-refractivity contribution in [2.45, 2.75) is 6.54 Å². The zero-order valence-electron chi connectivity index (χ0n) is 10.3. The summed E-state index contributed by atoms with van der Waals surface area (Å²) in [6.45, 7) is 5.89. The summed E-state index contributed by atoms with van der Waals surface area (Å²) in [5.41, 5.74) is 0.615. The topological polar surface area (TPSA) is 24.5 Å². The van der Waals surface area contributed by atoms with E-state index in [9.17, 15) is 4.39 Å². The van der Waals surface area contributed by atoms with Gasteiger partial charge in [0.15, 0.2) is 0 Å². The largest absolute Gasteiger partial charge is 0.379 e. The smallest absolute Gasteiger partial charge is 0.127 e. The number of ether oxygens (including phenoxy) is 1. The molecule has 1 saturated heterocycles. The minimum atomic E-state index is -0.210. The molecule has 1 fully saturated rings. The molecule has 1 N–H and O–H groups in total. The molecule has 2 rings (SSSR count). The quantitative estimate of drug-likeness (QED) is 0.829. The number of benzene rings is 1. The van der Waals surface area contributed by atoms with E-state index in [0.717, 1.165) is 39.4 Å². The minimum Gasteiger partial charge on any atom is -0.379 e. The van der Waals surface area contributed by atoms with E-state index in [4.69, 9.17) is 16.3 Å². The number of hydrogen-bond acceptors (Lipinski definition) is 3. The Bertz CT molecular complexity index is 383. The first-order chi connectivity index (χ1) is 8.75. The van der Waals surface area contributed by atoms with Gasteiger partial charge in [-0.15, -0.1) is 0 Å². The van der Waals surface area contributed by atoms with Gasteiger partial charge < -0.3 is 10.1 Å². The summed E-state index contributed by atoms with van der Waals surface area (Å²) in [6.07, 6.45) is 0. The van der Waals surface area contributed by atoms with Gasteiger partial charge in [-0.25, -0.2) is 4.39 Å². The van der Waals surface area contributed by atoms with E-state index in [1.54, 1.807) is 12.1 Å². The highest BCUT2D eigenvalue weighted by molar-refractivity contribution is 6.30. The highest BCUT2D eigenvalue weighted by atomic mass is 35.5. The van der Waals surface area contributed by atoms with Crippen molar-refractivity contribution in [1.29, 1.82) is 0 Å². The Balaban J connectivity index is 1.69. The molecule has 0 unspecified atom stereocenters. The molecule has 0 aliphatic carbocycles. The van der Waals surface area contributed by atoms with E-state index in [0.29, 0.717) is 17.1 Å². The molecule has 0 radical (unpaired) electrons. The molecule has 3 nitrogen and oxygen atoms in total. The van der Waals surface area contributed by atoms with Crippen molar-refractivity contribution in [3.63, 3.8) is 0 Å². The average Bonchev–Trinajstić information content (AvgIpc) is 2.40. The van der Waals surface area contributed by atoms with Crippen LogP contribution >= 0.6 is 11.6 Å². The molecule has 1 aromatic rings. The number of morpholine rings is 1. The van der Waals surface area contributed by atoms with Crippen LogP contribution in [0.4, 0.5) is 4.39 Å². The standard InChI is InChI=1S/C13H18ClFN2O/c14-12-1-2-13(15)11(9-12)10-16-3-4-17-5-7-18-8-6-17/h1-2,9,16H,3-8,10H2. The number of nitrogens with one attached hydrogen (secondary N) is 1. The lowest BCUT2D eigenvalue weighted by atomic mass is 10.2. The van der Waals surface area contributed by atoms with Crippen molar-refractivity contribution in [2.75, 3.05) is 39.4 Å². The molecule has 100 valence electrons. The summed E-state index contributed by atoms with van der Waals surface area (Å²) < 4.78 is 18.7. The van der Waals surface area contributed by atoms with Crippen molar-refractivity contribution in [2.24, 2.45) is 0 Å². The van der Waals surface area contributed by atoms with Gasteiger partial charge in [-0.3, -0.25) is 4.90 Å². The summed E-state index contributed by atoms with van der Waals surface area (Å²) in [6, 6.07) is 4.63. The van der Waals surface area contributed by atoms with Gasteiger partial charge >= 0.3 is 0 Å². The molecule has 18 heavy (non-hydrogen) atoms. The van der Waals surface area contributed by atoms with E-state index < -0.39 is 0 Å². The summed E-state index contributed by atoms with van der Waals surface area (Å²) in [5, 5.41) is 3.81. The Hall–Kier alpha value is -0.680. The Morgan fingerprint density at radius 3 is 2.89 bits per heavy atom. The van der Waals surface area contributed by atoms with Gasteiger partial charge in [0.2, 0.25) is 0 Å². The van der Waals surface area contributed by atoms with E-state index in [-0.39, 0.29) is 5.82 Å². The molecule has 0 bridgehead atoms. The first-order valence-corrected chi connectivity index (χ1v) is 6.58. The second-order valence-corrected chi connectivity index (χ2v) is 4.80. The SMILES string of the molecule is Fc1ccc(Cl)cc1CNCCN1CCOCC1. The fourth-order valence-electron chi connectivity index (χ4n) is 1.96. The third-order valence-corrected chi connectivity index (χ3v) is 3.27. The zero-order chi connectivity index (χ0) is 12.8. The second-order valence-electron chi connectivity index (χ2n) is 4.37. The maximum absolute atomic E-state index is 13.4. The van der Waals surface area contributed by atoms with Gasteiger partial charge in [0.05, 0.1) is 13.2 Å². The summed E-state index contributed by atoms with van der Waals surface area (Å²) in [4.78, 5) is 2.34. The fraction of sp³-hybridized carbons (Fsp3) is 0.538. The zero-order valence-corrected chi connectivity index (χ0v) is 11.0. The predicted molar refractivity (Wildman–Crippen MR) is 70.4 cm³/mol. The first kappa shape index (κ1) is 13.7.